The van der Waals surface area contributed by atoms with Crippen LogP contribution in [0.15, 0.2) is 36.4 Å². The van der Waals surface area contributed by atoms with Gasteiger partial charge in [-0.25, -0.2) is 4.39 Å². The predicted molar refractivity (Wildman–Crippen MR) is 72.8 cm³/mol. The quantitative estimate of drug-likeness (QED) is 0.787. The number of hydrogen-bond donors (Lipinski definition) is 0. The number of methoxy groups -OCH3 is 1. The monoisotopic (exact) mass is 298 g/mol. The molecule has 2 nitrogen and oxygen atoms in total. The van der Waals surface area contributed by atoms with Crippen molar-refractivity contribution in [1.82, 2.24) is 0 Å². The molecular weight excluding hydrogens is 290 g/mol. The van der Waals surface area contributed by atoms with Crippen molar-refractivity contribution in [3.05, 3.63) is 63.4 Å². The summed E-state index contributed by atoms with van der Waals surface area (Å²) in [5.74, 6) is -1.01. The second-order valence-corrected chi connectivity index (χ2v) is 4.68. The molecule has 0 saturated heterocycles. The van der Waals surface area contributed by atoms with Crippen molar-refractivity contribution in [2.45, 2.75) is 0 Å². The van der Waals surface area contributed by atoms with Crippen LogP contribution in [0.1, 0.15) is 15.9 Å². The molecule has 0 heterocycles. The van der Waals surface area contributed by atoms with E-state index >= 15 is 0 Å². The molecule has 2 rings (SSSR count). The molecule has 0 radical (unpaired) electrons. The van der Waals surface area contributed by atoms with Gasteiger partial charge in [0.15, 0.2) is 5.78 Å². The maximum absolute atomic E-state index is 13.8. The normalized spacial score (nSPS) is 10.3. The predicted octanol–water partition coefficient (Wildman–Crippen LogP) is 4.37. The van der Waals surface area contributed by atoms with E-state index in [1.165, 1.54) is 43.5 Å². The number of carbonyl (C=O) groups is 1. The van der Waals surface area contributed by atoms with Crippen molar-refractivity contribution in [2.24, 2.45) is 0 Å². The van der Waals surface area contributed by atoms with Gasteiger partial charge in [0.25, 0.3) is 0 Å². The number of ketones is 1. The molecule has 0 spiro atoms. The largest absolute Gasteiger partial charge is 0.496 e. The zero-order valence-electron chi connectivity index (χ0n) is 9.91. The molecule has 0 aliphatic carbocycles. The molecule has 2 aromatic carbocycles. The number of carbonyl (C=O) groups excluding carboxylic acids is 1. The van der Waals surface area contributed by atoms with Crippen LogP contribution in [0.5, 0.6) is 5.75 Å². The molecule has 0 bridgehead atoms. The van der Waals surface area contributed by atoms with Gasteiger partial charge in [-0.05, 0) is 30.3 Å². The molecule has 0 saturated carbocycles. The minimum Gasteiger partial charge on any atom is -0.496 e. The van der Waals surface area contributed by atoms with Gasteiger partial charge in [-0.2, -0.15) is 0 Å². The van der Waals surface area contributed by atoms with Gasteiger partial charge in [0.2, 0.25) is 0 Å². The Bertz CT molecular complexity index is 621. The maximum Gasteiger partial charge on any atom is 0.199 e. The highest BCUT2D eigenvalue weighted by molar-refractivity contribution is 6.35. The first-order chi connectivity index (χ1) is 9.02. The van der Waals surface area contributed by atoms with E-state index in [0.29, 0.717) is 10.0 Å². The van der Waals surface area contributed by atoms with Crippen molar-refractivity contribution in [3.8, 4) is 5.75 Å². The van der Waals surface area contributed by atoms with Crippen molar-refractivity contribution < 1.29 is 13.9 Å². The Balaban J connectivity index is 2.56. The summed E-state index contributed by atoms with van der Waals surface area (Å²) in [6.07, 6.45) is 0. The highest BCUT2D eigenvalue weighted by atomic mass is 35.5. The molecule has 5 heteroatoms. The molecule has 0 atom stereocenters. The summed E-state index contributed by atoms with van der Waals surface area (Å²) in [6.45, 7) is 0. The Kier molecular flexibility index (Phi) is 4.08. The van der Waals surface area contributed by atoms with Gasteiger partial charge in [-0.1, -0.05) is 29.3 Å². The molecule has 0 N–H and O–H groups in total. The van der Waals surface area contributed by atoms with Crippen LogP contribution >= 0.6 is 23.2 Å². The van der Waals surface area contributed by atoms with Crippen molar-refractivity contribution in [2.75, 3.05) is 7.11 Å². The number of halogens is 3. The first-order valence-corrected chi connectivity index (χ1v) is 6.12. The van der Waals surface area contributed by atoms with Crippen LogP contribution in [-0.2, 0) is 0 Å². The third-order valence-corrected chi connectivity index (χ3v) is 2.98. The van der Waals surface area contributed by atoms with E-state index in [-0.39, 0.29) is 16.9 Å². The second kappa shape index (κ2) is 5.59. The van der Waals surface area contributed by atoms with E-state index in [1.807, 2.05) is 0 Å². The fraction of sp³-hybridized carbons (Fsp3) is 0.0714. The van der Waals surface area contributed by atoms with E-state index < -0.39 is 11.6 Å². The van der Waals surface area contributed by atoms with Crippen LogP contribution < -0.4 is 4.74 Å². The van der Waals surface area contributed by atoms with Crippen LogP contribution in [0.4, 0.5) is 4.39 Å². The van der Waals surface area contributed by atoms with Gasteiger partial charge in [-0.3, -0.25) is 4.79 Å². The van der Waals surface area contributed by atoms with Crippen LogP contribution in [0.2, 0.25) is 10.0 Å². The molecule has 0 aliphatic heterocycles. The van der Waals surface area contributed by atoms with Gasteiger partial charge in [0.05, 0.1) is 7.11 Å². The highest BCUT2D eigenvalue weighted by Crippen LogP contribution is 2.27. The Labute approximate surface area is 119 Å². The second-order valence-electron chi connectivity index (χ2n) is 3.80. The lowest BCUT2D eigenvalue weighted by Crippen LogP contribution is -2.07. The minimum absolute atomic E-state index is 0.136. The van der Waals surface area contributed by atoms with E-state index in [1.54, 1.807) is 0 Å². The average Bonchev–Trinajstić information content (AvgIpc) is 2.36. The zero-order chi connectivity index (χ0) is 14.0. The lowest BCUT2D eigenvalue weighted by Gasteiger charge is -2.09. The summed E-state index contributed by atoms with van der Waals surface area (Å²) < 4.78 is 18.8. The van der Waals surface area contributed by atoms with Crippen LogP contribution in [0, 0.1) is 5.82 Å². The number of rotatable bonds is 3. The van der Waals surface area contributed by atoms with Gasteiger partial charge < -0.3 is 4.74 Å². The Morgan fingerprint density at radius 3 is 2.37 bits per heavy atom. The third-order valence-electron chi connectivity index (χ3n) is 2.55. The molecule has 98 valence electrons. The van der Waals surface area contributed by atoms with Crippen molar-refractivity contribution in [3.63, 3.8) is 0 Å². The van der Waals surface area contributed by atoms with Crippen LogP contribution in [0.3, 0.4) is 0 Å². The molecular formula is C14H9Cl2FO2. The first-order valence-electron chi connectivity index (χ1n) is 5.36. The Hall–Kier alpha value is -1.58. The topological polar surface area (TPSA) is 26.3 Å². The molecule has 2 aromatic rings. The van der Waals surface area contributed by atoms with E-state index in [2.05, 4.69) is 0 Å². The molecule has 19 heavy (non-hydrogen) atoms. The molecule has 0 amide bonds. The summed E-state index contributed by atoms with van der Waals surface area (Å²) in [5, 5.41) is 0.623. The van der Waals surface area contributed by atoms with Gasteiger partial charge in [0.1, 0.15) is 17.1 Å². The zero-order valence-corrected chi connectivity index (χ0v) is 11.4. The van der Waals surface area contributed by atoms with Crippen molar-refractivity contribution >= 4 is 29.0 Å². The fourth-order valence-corrected chi connectivity index (χ4v) is 2.25. The minimum atomic E-state index is -0.652. The van der Waals surface area contributed by atoms with E-state index in [0.717, 1.165) is 0 Å². The van der Waals surface area contributed by atoms with E-state index in [9.17, 15) is 9.18 Å². The fourth-order valence-electron chi connectivity index (χ4n) is 1.72. The highest BCUT2D eigenvalue weighted by Gasteiger charge is 2.19. The smallest absolute Gasteiger partial charge is 0.199 e. The summed E-state index contributed by atoms with van der Waals surface area (Å²) in [5.41, 5.74) is 0.0734. The van der Waals surface area contributed by atoms with Gasteiger partial charge in [0, 0.05) is 15.6 Å². The molecule has 0 fully saturated rings. The summed E-state index contributed by atoms with van der Waals surface area (Å²) in [6, 6.07) is 8.54. The lowest BCUT2D eigenvalue weighted by atomic mass is 10.0. The number of ether oxygens (including phenoxy) is 1. The standard InChI is InChI=1S/C14H9Cl2FO2/c1-19-12-4-2-3-11(17)13(12)14(18)8-5-9(15)7-10(16)6-8/h2-7H,1H3. The lowest BCUT2D eigenvalue weighted by molar-refractivity contribution is 0.103. The summed E-state index contributed by atoms with van der Waals surface area (Å²) >= 11 is 11.7. The summed E-state index contributed by atoms with van der Waals surface area (Å²) in [4.78, 5) is 12.3. The number of hydrogen-bond acceptors (Lipinski definition) is 2. The van der Waals surface area contributed by atoms with Gasteiger partial charge >= 0.3 is 0 Å². The van der Waals surface area contributed by atoms with Crippen LogP contribution in [-0.4, -0.2) is 12.9 Å². The third kappa shape index (κ3) is 2.88. The maximum atomic E-state index is 13.8. The summed E-state index contributed by atoms with van der Waals surface area (Å²) in [7, 11) is 1.37. The Morgan fingerprint density at radius 1 is 1.16 bits per heavy atom. The average molecular weight is 299 g/mol. The van der Waals surface area contributed by atoms with E-state index in [4.69, 9.17) is 27.9 Å². The van der Waals surface area contributed by atoms with Crippen molar-refractivity contribution in [1.29, 1.82) is 0 Å². The Morgan fingerprint density at radius 2 is 1.79 bits per heavy atom. The first kappa shape index (κ1) is 13.8. The molecule has 0 unspecified atom stereocenters. The number of benzene rings is 2. The van der Waals surface area contributed by atoms with Gasteiger partial charge in [-0.15, -0.1) is 0 Å². The van der Waals surface area contributed by atoms with Crippen LogP contribution in [0.25, 0.3) is 0 Å². The SMILES string of the molecule is COc1cccc(F)c1C(=O)c1cc(Cl)cc(Cl)c1. The molecule has 0 aliphatic rings. The molecule has 0 aromatic heterocycles.